The molecule has 2 aliphatic rings. The predicted octanol–water partition coefficient (Wildman–Crippen LogP) is 2.27. The van der Waals surface area contributed by atoms with E-state index in [0.717, 1.165) is 34.9 Å². The highest BCUT2D eigenvalue weighted by Crippen LogP contribution is 2.44. The van der Waals surface area contributed by atoms with E-state index in [1.165, 1.54) is 0 Å². The third-order valence-corrected chi connectivity index (χ3v) is 4.77. The number of aryl methyl sites for hydroxylation is 1. The van der Waals surface area contributed by atoms with Gasteiger partial charge in [-0.25, -0.2) is 0 Å². The fourth-order valence-corrected chi connectivity index (χ4v) is 3.27. The number of carbonyl (C=O) groups excluding carboxylic acids is 1. The minimum atomic E-state index is -0.606. The number of fused-ring (bicyclic) bond motifs is 1. The molecule has 1 saturated heterocycles. The van der Waals surface area contributed by atoms with Gasteiger partial charge in [0.25, 0.3) is 0 Å². The average Bonchev–Trinajstić information content (AvgIpc) is 3.19. The summed E-state index contributed by atoms with van der Waals surface area (Å²) in [6.45, 7) is 3.00. The molecular formula is C17H19NO3. The lowest BCUT2D eigenvalue weighted by atomic mass is 9.88. The van der Waals surface area contributed by atoms with Crippen LogP contribution in [-0.2, 0) is 11.2 Å². The molecule has 1 aliphatic heterocycles. The molecule has 1 aromatic carbocycles. The van der Waals surface area contributed by atoms with Crippen molar-refractivity contribution in [2.45, 2.75) is 31.8 Å². The molecule has 0 atom stereocenters. The van der Waals surface area contributed by atoms with Crippen LogP contribution in [0.2, 0.25) is 0 Å². The highest BCUT2D eigenvalue weighted by atomic mass is 16.3. The second kappa shape index (κ2) is 4.34. The zero-order valence-electron chi connectivity index (χ0n) is 12.1. The van der Waals surface area contributed by atoms with Crippen molar-refractivity contribution in [3.05, 3.63) is 35.6 Å². The number of likely N-dealkylation sites (tertiary alicyclic amines) is 1. The van der Waals surface area contributed by atoms with Gasteiger partial charge in [0, 0.05) is 10.9 Å². The second-order valence-electron chi connectivity index (χ2n) is 6.56. The molecular weight excluding hydrogens is 266 g/mol. The number of furan rings is 1. The molecule has 0 radical (unpaired) electrons. The van der Waals surface area contributed by atoms with E-state index in [-0.39, 0.29) is 5.91 Å². The molecule has 1 saturated carbocycles. The van der Waals surface area contributed by atoms with Crippen LogP contribution in [0.1, 0.15) is 24.0 Å². The predicted molar refractivity (Wildman–Crippen MR) is 78.9 cm³/mol. The molecule has 1 N–H and O–H groups in total. The Hall–Kier alpha value is -1.81. The first-order chi connectivity index (χ1) is 10.0. The fraction of sp³-hybridized carbons (Fsp3) is 0.471. The number of carbonyl (C=O) groups is 1. The lowest BCUT2D eigenvalue weighted by Crippen LogP contribution is -2.65. The Kier molecular flexibility index (Phi) is 2.67. The Balaban J connectivity index is 1.46. The molecule has 0 unspecified atom stereocenters. The molecule has 0 bridgehead atoms. The summed E-state index contributed by atoms with van der Waals surface area (Å²) in [5.74, 6) is 0.489. The number of amides is 1. The van der Waals surface area contributed by atoms with Gasteiger partial charge in [-0.15, -0.1) is 0 Å². The number of hydrogen-bond donors (Lipinski definition) is 1. The Bertz CT molecular complexity index is 708. The summed E-state index contributed by atoms with van der Waals surface area (Å²) in [6, 6.07) is 6.02. The molecule has 1 aromatic heterocycles. The van der Waals surface area contributed by atoms with Crippen LogP contribution >= 0.6 is 0 Å². The van der Waals surface area contributed by atoms with Crippen LogP contribution in [0.5, 0.6) is 0 Å². The number of benzene rings is 1. The van der Waals surface area contributed by atoms with Gasteiger partial charge in [0.1, 0.15) is 11.2 Å². The summed E-state index contributed by atoms with van der Waals surface area (Å²) in [4.78, 5) is 14.1. The molecule has 4 nitrogen and oxygen atoms in total. The third-order valence-electron chi connectivity index (χ3n) is 4.77. The van der Waals surface area contributed by atoms with Gasteiger partial charge in [0.2, 0.25) is 5.91 Å². The van der Waals surface area contributed by atoms with Crippen molar-refractivity contribution in [2.75, 3.05) is 13.1 Å². The largest absolute Gasteiger partial charge is 0.464 e. The van der Waals surface area contributed by atoms with Crippen molar-refractivity contribution >= 4 is 16.9 Å². The zero-order valence-corrected chi connectivity index (χ0v) is 12.1. The van der Waals surface area contributed by atoms with Crippen molar-refractivity contribution in [3.8, 4) is 0 Å². The molecule has 4 rings (SSSR count). The fourth-order valence-electron chi connectivity index (χ4n) is 3.27. The maximum atomic E-state index is 12.3. The minimum absolute atomic E-state index is 0.0728. The van der Waals surface area contributed by atoms with Crippen molar-refractivity contribution in [1.29, 1.82) is 0 Å². The van der Waals surface area contributed by atoms with Crippen molar-refractivity contribution in [1.82, 2.24) is 4.90 Å². The van der Waals surface area contributed by atoms with Gasteiger partial charge in [-0.2, -0.15) is 0 Å². The minimum Gasteiger partial charge on any atom is -0.464 e. The maximum absolute atomic E-state index is 12.3. The highest BCUT2D eigenvalue weighted by Gasteiger charge is 2.53. The third kappa shape index (κ3) is 2.14. The van der Waals surface area contributed by atoms with E-state index in [0.29, 0.717) is 25.4 Å². The van der Waals surface area contributed by atoms with Gasteiger partial charge >= 0.3 is 0 Å². The maximum Gasteiger partial charge on any atom is 0.227 e. The van der Waals surface area contributed by atoms with E-state index >= 15 is 0 Å². The lowest BCUT2D eigenvalue weighted by molar-refractivity contribution is -0.158. The van der Waals surface area contributed by atoms with E-state index in [9.17, 15) is 9.90 Å². The van der Waals surface area contributed by atoms with Gasteiger partial charge in [-0.3, -0.25) is 4.79 Å². The molecule has 1 aliphatic carbocycles. The smallest absolute Gasteiger partial charge is 0.227 e. The van der Waals surface area contributed by atoms with Crippen molar-refractivity contribution < 1.29 is 14.3 Å². The normalized spacial score (nSPS) is 20.6. The van der Waals surface area contributed by atoms with Crippen LogP contribution in [0.3, 0.4) is 0 Å². The van der Waals surface area contributed by atoms with Crippen LogP contribution in [0.4, 0.5) is 0 Å². The standard InChI is InChI=1S/C17H19NO3/c1-11-2-5-14-12(8-21-15(14)6-11)7-16(19)18-9-17(20,10-18)13-3-4-13/h2,5-6,8,13,20H,3-4,7,9-10H2,1H3. The van der Waals surface area contributed by atoms with E-state index < -0.39 is 5.60 Å². The molecule has 2 aromatic rings. The van der Waals surface area contributed by atoms with E-state index in [1.54, 1.807) is 11.2 Å². The summed E-state index contributed by atoms with van der Waals surface area (Å²) in [5.41, 5.74) is 2.30. The Labute approximate surface area is 123 Å². The van der Waals surface area contributed by atoms with Crippen LogP contribution in [0, 0.1) is 12.8 Å². The van der Waals surface area contributed by atoms with Gasteiger partial charge in [-0.1, -0.05) is 12.1 Å². The molecule has 0 spiro atoms. The Morgan fingerprint density at radius 1 is 1.43 bits per heavy atom. The first-order valence-corrected chi connectivity index (χ1v) is 7.52. The zero-order chi connectivity index (χ0) is 14.6. The summed E-state index contributed by atoms with van der Waals surface area (Å²) < 4.78 is 5.53. The molecule has 1 amide bonds. The van der Waals surface area contributed by atoms with Gasteiger partial charge in [0.15, 0.2) is 0 Å². The molecule has 4 heteroatoms. The summed E-state index contributed by atoms with van der Waals surface area (Å²) in [7, 11) is 0. The summed E-state index contributed by atoms with van der Waals surface area (Å²) in [5, 5.41) is 11.3. The number of hydrogen-bond acceptors (Lipinski definition) is 3. The number of nitrogens with zero attached hydrogens (tertiary/aromatic N) is 1. The first-order valence-electron chi connectivity index (χ1n) is 7.52. The van der Waals surface area contributed by atoms with Gasteiger partial charge in [-0.05, 0) is 37.3 Å². The Morgan fingerprint density at radius 2 is 2.19 bits per heavy atom. The lowest BCUT2D eigenvalue weighted by Gasteiger charge is -2.47. The highest BCUT2D eigenvalue weighted by molar-refractivity contribution is 5.88. The van der Waals surface area contributed by atoms with E-state index in [2.05, 4.69) is 0 Å². The van der Waals surface area contributed by atoms with Crippen molar-refractivity contribution in [2.24, 2.45) is 5.92 Å². The topological polar surface area (TPSA) is 53.7 Å². The van der Waals surface area contributed by atoms with Crippen molar-refractivity contribution in [3.63, 3.8) is 0 Å². The number of rotatable bonds is 3. The van der Waals surface area contributed by atoms with E-state index in [1.807, 2.05) is 25.1 Å². The van der Waals surface area contributed by atoms with Crippen LogP contribution in [0.15, 0.2) is 28.9 Å². The summed E-state index contributed by atoms with van der Waals surface area (Å²) in [6.07, 6.45) is 4.22. The van der Waals surface area contributed by atoms with Crippen LogP contribution in [0.25, 0.3) is 11.0 Å². The van der Waals surface area contributed by atoms with E-state index in [4.69, 9.17) is 4.42 Å². The molecule has 21 heavy (non-hydrogen) atoms. The molecule has 110 valence electrons. The molecule has 2 fully saturated rings. The van der Waals surface area contributed by atoms with Crippen LogP contribution in [-0.4, -0.2) is 34.6 Å². The SMILES string of the molecule is Cc1ccc2c(CC(=O)N3CC(O)(C4CC4)C3)coc2c1. The first kappa shape index (κ1) is 12.9. The molecule has 2 heterocycles. The Morgan fingerprint density at radius 3 is 2.90 bits per heavy atom. The van der Waals surface area contributed by atoms with Gasteiger partial charge in [0.05, 0.1) is 25.8 Å². The number of aliphatic hydroxyl groups is 1. The monoisotopic (exact) mass is 285 g/mol. The summed E-state index contributed by atoms with van der Waals surface area (Å²) >= 11 is 0. The average molecular weight is 285 g/mol. The van der Waals surface area contributed by atoms with Crippen LogP contribution < -0.4 is 0 Å². The second-order valence-corrected chi connectivity index (χ2v) is 6.56. The van der Waals surface area contributed by atoms with Gasteiger partial charge < -0.3 is 14.4 Å². The number of β-amino-alcohol motifs (C(OH)–C–C–N with tert-alkyl or cyclic N) is 1. The quantitative estimate of drug-likeness (QED) is 0.941.